The zero-order valence-corrected chi connectivity index (χ0v) is 16.6. The molecule has 1 saturated carbocycles. The molecule has 0 spiro atoms. The lowest BCUT2D eigenvalue weighted by Crippen LogP contribution is -2.27. The number of hydrogen-bond acceptors (Lipinski definition) is 4. The van der Waals surface area contributed by atoms with Gasteiger partial charge in [-0.2, -0.15) is 0 Å². The molecule has 1 amide bonds. The van der Waals surface area contributed by atoms with Crippen LogP contribution in [0.3, 0.4) is 0 Å². The minimum absolute atomic E-state index is 0.187. The maximum absolute atomic E-state index is 12.8. The van der Waals surface area contributed by atoms with E-state index in [-0.39, 0.29) is 5.91 Å². The molecule has 4 aromatic rings. The van der Waals surface area contributed by atoms with Gasteiger partial charge in [-0.05, 0) is 30.9 Å². The molecule has 2 heterocycles. The molecule has 1 aliphatic rings. The van der Waals surface area contributed by atoms with E-state index in [9.17, 15) is 4.79 Å². The number of aromatic amines is 1. The lowest BCUT2D eigenvalue weighted by atomic mass is 10.1. The van der Waals surface area contributed by atoms with Crippen LogP contribution in [0.4, 0.5) is 5.82 Å². The molecule has 1 aliphatic carbocycles. The molecule has 6 nitrogen and oxygen atoms in total. The van der Waals surface area contributed by atoms with Gasteiger partial charge in [0.05, 0.1) is 0 Å². The highest BCUT2D eigenvalue weighted by Gasteiger charge is 2.22. The highest BCUT2D eigenvalue weighted by atomic mass is 16.1. The van der Waals surface area contributed by atoms with Crippen molar-refractivity contribution in [3.63, 3.8) is 0 Å². The summed E-state index contributed by atoms with van der Waals surface area (Å²) in [6, 6.07) is 20.1. The number of benzene rings is 2. The number of carbonyl (C=O) groups excluding carboxylic acids is 1. The Hall–Kier alpha value is -3.67. The average molecular weight is 397 g/mol. The van der Waals surface area contributed by atoms with Gasteiger partial charge in [0, 0.05) is 41.3 Å². The third-order valence-electron chi connectivity index (χ3n) is 5.27. The third-order valence-corrected chi connectivity index (χ3v) is 5.27. The van der Waals surface area contributed by atoms with Crippen LogP contribution < -0.4 is 10.6 Å². The zero-order chi connectivity index (χ0) is 20.3. The number of amides is 1. The number of H-pyrrole nitrogens is 1. The predicted octanol–water partition coefficient (Wildman–Crippen LogP) is 4.17. The summed E-state index contributed by atoms with van der Waals surface area (Å²) in [6.07, 6.45) is 5.03. The topological polar surface area (TPSA) is 82.7 Å². The molecule has 0 saturated heterocycles. The van der Waals surface area contributed by atoms with Crippen LogP contribution in [0.2, 0.25) is 0 Å². The molecule has 2 aromatic carbocycles. The summed E-state index contributed by atoms with van der Waals surface area (Å²) in [5.41, 5.74) is 3.57. The van der Waals surface area contributed by atoms with Crippen molar-refractivity contribution in [2.45, 2.75) is 25.3 Å². The van der Waals surface area contributed by atoms with Gasteiger partial charge in [0.15, 0.2) is 5.82 Å². The standard InChI is InChI=1S/C24H23N5O/c30-24(25-13-12-17-15-26-20-9-5-4-8-19(17)20)21-14-22(27-18-10-11-18)29-23(28-21)16-6-2-1-3-7-16/h1-9,14-15,18,26H,10-13H2,(H,25,30)(H,27,28,29). The van der Waals surface area contributed by atoms with Gasteiger partial charge in [-0.3, -0.25) is 4.79 Å². The minimum Gasteiger partial charge on any atom is -0.367 e. The summed E-state index contributed by atoms with van der Waals surface area (Å²) in [6.45, 7) is 0.538. The van der Waals surface area contributed by atoms with Crippen molar-refractivity contribution in [1.29, 1.82) is 0 Å². The molecule has 1 fully saturated rings. The molecular weight excluding hydrogens is 374 g/mol. The van der Waals surface area contributed by atoms with E-state index >= 15 is 0 Å². The van der Waals surface area contributed by atoms with Gasteiger partial charge in [0.2, 0.25) is 0 Å². The zero-order valence-electron chi connectivity index (χ0n) is 16.6. The number of hydrogen-bond donors (Lipinski definition) is 3. The molecule has 0 unspecified atom stereocenters. The van der Waals surface area contributed by atoms with E-state index in [4.69, 9.17) is 0 Å². The second-order valence-corrected chi connectivity index (χ2v) is 7.61. The smallest absolute Gasteiger partial charge is 0.270 e. The van der Waals surface area contributed by atoms with Crippen LogP contribution in [-0.2, 0) is 6.42 Å². The van der Waals surface area contributed by atoms with Crippen molar-refractivity contribution in [2.24, 2.45) is 0 Å². The fourth-order valence-electron chi connectivity index (χ4n) is 3.53. The average Bonchev–Trinajstić information content (AvgIpc) is 3.51. The van der Waals surface area contributed by atoms with Crippen LogP contribution in [0, 0.1) is 0 Å². The molecule has 6 heteroatoms. The number of nitrogens with zero attached hydrogens (tertiary/aromatic N) is 2. The molecular formula is C24H23N5O. The van der Waals surface area contributed by atoms with E-state index in [2.05, 4.69) is 37.7 Å². The van der Waals surface area contributed by atoms with Crippen molar-refractivity contribution >= 4 is 22.6 Å². The van der Waals surface area contributed by atoms with Gasteiger partial charge >= 0.3 is 0 Å². The Kier molecular flexibility index (Phi) is 4.89. The lowest BCUT2D eigenvalue weighted by molar-refractivity contribution is 0.0949. The van der Waals surface area contributed by atoms with Crippen molar-refractivity contribution in [1.82, 2.24) is 20.3 Å². The van der Waals surface area contributed by atoms with Crippen LogP contribution in [0.25, 0.3) is 22.3 Å². The van der Waals surface area contributed by atoms with Crippen molar-refractivity contribution in [3.05, 3.63) is 78.1 Å². The fraction of sp³-hybridized carbons (Fsp3) is 0.208. The van der Waals surface area contributed by atoms with E-state index in [0.717, 1.165) is 30.3 Å². The largest absolute Gasteiger partial charge is 0.367 e. The number of carbonyl (C=O) groups is 1. The van der Waals surface area contributed by atoms with Gasteiger partial charge in [-0.25, -0.2) is 9.97 Å². The molecule has 30 heavy (non-hydrogen) atoms. The summed E-state index contributed by atoms with van der Waals surface area (Å²) in [5, 5.41) is 7.58. The first-order valence-electron chi connectivity index (χ1n) is 10.3. The van der Waals surface area contributed by atoms with E-state index in [1.807, 2.05) is 48.7 Å². The Morgan fingerprint density at radius 3 is 2.67 bits per heavy atom. The SMILES string of the molecule is O=C(NCCc1c[nH]c2ccccc12)c1cc(NC2CC2)nc(-c2ccccc2)n1. The molecule has 150 valence electrons. The Labute approximate surface area is 174 Å². The first-order valence-corrected chi connectivity index (χ1v) is 10.3. The molecule has 0 radical (unpaired) electrons. The molecule has 2 aromatic heterocycles. The lowest BCUT2D eigenvalue weighted by Gasteiger charge is -2.10. The first-order chi connectivity index (χ1) is 14.8. The van der Waals surface area contributed by atoms with E-state index in [0.29, 0.717) is 29.9 Å². The molecule has 5 rings (SSSR count). The van der Waals surface area contributed by atoms with Crippen LogP contribution in [0.5, 0.6) is 0 Å². The summed E-state index contributed by atoms with van der Waals surface area (Å²) in [7, 11) is 0. The van der Waals surface area contributed by atoms with Crippen LogP contribution in [-0.4, -0.2) is 33.4 Å². The van der Waals surface area contributed by atoms with Crippen LogP contribution in [0.1, 0.15) is 28.9 Å². The number of fused-ring (bicyclic) bond motifs is 1. The number of nitrogens with one attached hydrogen (secondary N) is 3. The quantitative estimate of drug-likeness (QED) is 0.437. The highest BCUT2D eigenvalue weighted by molar-refractivity contribution is 5.93. The Balaban J connectivity index is 1.32. The number of aromatic nitrogens is 3. The summed E-state index contributed by atoms with van der Waals surface area (Å²) >= 11 is 0. The first kappa shape index (κ1) is 18.4. The van der Waals surface area contributed by atoms with Gasteiger partial charge in [0.1, 0.15) is 11.5 Å². The van der Waals surface area contributed by atoms with Crippen molar-refractivity contribution < 1.29 is 4.79 Å². The second kappa shape index (κ2) is 7.99. The van der Waals surface area contributed by atoms with E-state index < -0.39 is 0 Å². The fourth-order valence-corrected chi connectivity index (χ4v) is 3.53. The maximum atomic E-state index is 12.8. The number of para-hydroxylation sites is 1. The molecule has 3 N–H and O–H groups in total. The monoisotopic (exact) mass is 397 g/mol. The Morgan fingerprint density at radius 2 is 1.83 bits per heavy atom. The van der Waals surface area contributed by atoms with E-state index in [1.165, 1.54) is 10.9 Å². The summed E-state index contributed by atoms with van der Waals surface area (Å²) in [4.78, 5) is 25.3. The predicted molar refractivity (Wildman–Crippen MR) is 118 cm³/mol. The van der Waals surface area contributed by atoms with Crippen LogP contribution >= 0.6 is 0 Å². The summed E-state index contributed by atoms with van der Waals surface area (Å²) < 4.78 is 0. The second-order valence-electron chi connectivity index (χ2n) is 7.61. The molecule has 0 aliphatic heterocycles. The minimum atomic E-state index is -0.187. The van der Waals surface area contributed by atoms with E-state index in [1.54, 1.807) is 6.07 Å². The van der Waals surface area contributed by atoms with Crippen LogP contribution in [0.15, 0.2) is 66.9 Å². The Bertz CT molecular complexity index is 1180. The summed E-state index contributed by atoms with van der Waals surface area (Å²) in [5.74, 6) is 1.07. The van der Waals surface area contributed by atoms with Gasteiger partial charge < -0.3 is 15.6 Å². The maximum Gasteiger partial charge on any atom is 0.270 e. The normalized spacial score (nSPS) is 13.3. The molecule has 0 atom stereocenters. The van der Waals surface area contributed by atoms with Gasteiger partial charge in [-0.1, -0.05) is 48.5 Å². The number of rotatable bonds is 7. The van der Waals surface area contributed by atoms with Crippen molar-refractivity contribution in [3.8, 4) is 11.4 Å². The number of anilines is 1. The third kappa shape index (κ3) is 4.03. The Morgan fingerprint density at radius 1 is 1.03 bits per heavy atom. The van der Waals surface area contributed by atoms with Gasteiger partial charge in [-0.15, -0.1) is 0 Å². The van der Waals surface area contributed by atoms with Gasteiger partial charge in [0.25, 0.3) is 5.91 Å². The van der Waals surface area contributed by atoms with Crippen molar-refractivity contribution in [2.75, 3.05) is 11.9 Å². The molecule has 0 bridgehead atoms. The highest BCUT2D eigenvalue weighted by Crippen LogP contribution is 2.25.